The lowest BCUT2D eigenvalue weighted by Gasteiger charge is -2.08. The van der Waals surface area contributed by atoms with E-state index in [9.17, 15) is 8.60 Å². The van der Waals surface area contributed by atoms with Gasteiger partial charge in [0.25, 0.3) is 0 Å². The summed E-state index contributed by atoms with van der Waals surface area (Å²) >= 11 is 0. The smallest absolute Gasteiger partial charge is 0.139 e. The molecule has 2 N–H and O–H groups in total. The van der Waals surface area contributed by atoms with E-state index in [1.165, 1.54) is 12.1 Å². The van der Waals surface area contributed by atoms with Gasteiger partial charge in [0.05, 0.1) is 15.7 Å². The molecular weight excluding hydrogens is 189 g/mol. The molecule has 0 bridgehead atoms. The zero-order valence-electron chi connectivity index (χ0n) is 7.37. The summed E-state index contributed by atoms with van der Waals surface area (Å²) in [6.07, 6.45) is 0. The van der Waals surface area contributed by atoms with Crippen LogP contribution in [0.15, 0.2) is 29.2 Å². The Hall–Kier alpha value is -0.740. The first-order chi connectivity index (χ1) is 6.16. The number of nitrogens with two attached hydrogens (primary N) is 1. The number of hydrogen-bond donors (Lipinski definition) is 1. The van der Waals surface area contributed by atoms with Crippen molar-refractivity contribution in [3.63, 3.8) is 0 Å². The highest BCUT2D eigenvalue weighted by molar-refractivity contribution is 7.85. The molecule has 72 valence electrons. The Kier molecular flexibility index (Phi) is 3.57. The highest BCUT2D eigenvalue weighted by Crippen LogP contribution is 2.14. The molecule has 0 amide bonds. The van der Waals surface area contributed by atoms with Crippen LogP contribution in [0.2, 0.25) is 0 Å². The molecule has 2 atom stereocenters. The lowest BCUT2D eigenvalue weighted by atomic mass is 10.3. The summed E-state index contributed by atoms with van der Waals surface area (Å²) in [5.74, 6) is -0.430. The maximum absolute atomic E-state index is 13.1. The lowest BCUT2D eigenvalue weighted by molar-refractivity contribution is 0.593. The van der Waals surface area contributed by atoms with E-state index in [-0.39, 0.29) is 10.1 Å². The highest BCUT2D eigenvalue weighted by atomic mass is 32.2. The minimum atomic E-state index is -1.34. The highest BCUT2D eigenvalue weighted by Gasteiger charge is 2.14. The van der Waals surface area contributed by atoms with Crippen molar-refractivity contribution < 1.29 is 8.60 Å². The van der Waals surface area contributed by atoms with Crippen molar-refractivity contribution in [1.29, 1.82) is 0 Å². The van der Waals surface area contributed by atoms with Crippen molar-refractivity contribution in [3.05, 3.63) is 30.1 Å². The Balaban J connectivity index is 2.95. The fraction of sp³-hybridized carbons (Fsp3) is 0.333. The third kappa shape index (κ3) is 2.35. The van der Waals surface area contributed by atoms with Gasteiger partial charge in [-0.15, -0.1) is 0 Å². The second-order valence-corrected chi connectivity index (χ2v) is 4.61. The third-order valence-corrected chi connectivity index (χ3v) is 3.44. The van der Waals surface area contributed by atoms with Gasteiger partial charge in [-0.3, -0.25) is 4.21 Å². The van der Waals surface area contributed by atoms with Crippen molar-refractivity contribution in [2.45, 2.75) is 17.1 Å². The Morgan fingerprint density at radius 2 is 2.15 bits per heavy atom. The van der Waals surface area contributed by atoms with Gasteiger partial charge in [0.2, 0.25) is 0 Å². The molecule has 0 saturated heterocycles. The zero-order chi connectivity index (χ0) is 9.84. The number of hydrogen-bond acceptors (Lipinski definition) is 2. The Labute approximate surface area is 79.4 Å². The molecule has 0 spiro atoms. The minimum Gasteiger partial charge on any atom is -0.329 e. The van der Waals surface area contributed by atoms with E-state index >= 15 is 0 Å². The van der Waals surface area contributed by atoms with Crippen molar-refractivity contribution in [2.75, 3.05) is 6.54 Å². The SMILES string of the molecule is CC(CN)S(=O)c1ccccc1F. The number of halogens is 1. The lowest BCUT2D eigenvalue weighted by Crippen LogP contribution is -2.22. The first-order valence-corrected chi connectivity index (χ1v) is 5.23. The average Bonchev–Trinajstić information content (AvgIpc) is 2.16. The van der Waals surface area contributed by atoms with Crippen LogP contribution in [0.25, 0.3) is 0 Å². The fourth-order valence-electron chi connectivity index (χ4n) is 0.912. The predicted octanol–water partition coefficient (Wildman–Crippen LogP) is 1.28. The summed E-state index contributed by atoms with van der Waals surface area (Å²) < 4.78 is 24.7. The monoisotopic (exact) mass is 201 g/mol. The van der Waals surface area contributed by atoms with E-state index < -0.39 is 16.6 Å². The molecule has 0 aliphatic rings. The third-order valence-electron chi connectivity index (χ3n) is 1.75. The molecule has 1 rings (SSSR count). The summed E-state index contributed by atoms with van der Waals surface area (Å²) in [5.41, 5.74) is 5.34. The summed E-state index contributed by atoms with van der Waals surface area (Å²) in [4.78, 5) is 0.237. The standard InChI is InChI=1S/C9H12FNOS/c1-7(6-11)13(12)9-5-3-2-4-8(9)10/h2-5,7H,6,11H2,1H3. The average molecular weight is 201 g/mol. The molecule has 0 radical (unpaired) electrons. The molecule has 0 saturated carbocycles. The van der Waals surface area contributed by atoms with Crippen LogP contribution >= 0.6 is 0 Å². The normalized spacial score (nSPS) is 15.3. The summed E-state index contributed by atoms with van der Waals surface area (Å²) in [7, 11) is -1.34. The van der Waals surface area contributed by atoms with Gasteiger partial charge in [-0.05, 0) is 19.1 Å². The molecule has 4 heteroatoms. The molecule has 1 aromatic rings. The molecule has 0 aromatic heterocycles. The van der Waals surface area contributed by atoms with Crippen LogP contribution in [-0.2, 0) is 10.8 Å². The molecule has 0 aliphatic heterocycles. The van der Waals surface area contributed by atoms with Gasteiger partial charge in [0, 0.05) is 11.8 Å². The van der Waals surface area contributed by atoms with Gasteiger partial charge in [-0.25, -0.2) is 4.39 Å². The maximum atomic E-state index is 13.1. The van der Waals surface area contributed by atoms with E-state index in [0.717, 1.165) is 0 Å². The molecule has 0 aliphatic carbocycles. The molecule has 0 fully saturated rings. The van der Waals surface area contributed by atoms with E-state index in [1.807, 2.05) is 0 Å². The maximum Gasteiger partial charge on any atom is 0.139 e. The van der Waals surface area contributed by atoms with Gasteiger partial charge in [0.1, 0.15) is 5.82 Å². The molecule has 2 unspecified atom stereocenters. The Bertz CT molecular complexity index is 316. The molecule has 2 nitrogen and oxygen atoms in total. The summed E-state index contributed by atoms with van der Waals surface area (Å²) in [5, 5.41) is -0.211. The fourth-order valence-corrected chi connectivity index (χ4v) is 1.99. The van der Waals surface area contributed by atoms with Crippen LogP contribution in [0.5, 0.6) is 0 Å². The second kappa shape index (κ2) is 4.48. The van der Waals surface area contributed by atoms with Gasteiger partial charge in [-0.2, -0.15) is 0 Å². The molecule has 1 aromatic carbocycles. The molecule has 0 heterocycles. The van der Waals surface area contributed by atoms with Gasteiger partial charge in [-0.1, -0.05) is 12.1 Å². The quantitative estimate of drug-likeness (QED) is 0.800. The van der Waals surface area contributed by atoms with Gasteiger partial charge < -0.3 is 5.73 Å². The molecule has 13 heavy (non-hydrogen) atoms. The number of rotatable bonds is 3. The topological polar surface area (TPSA) is 43.1 Å². The summed E-state index contributed by atoms with van der Waals surface area (Å²) in [6.45, 7) is 2.03. The Morgan fingerprint density at radius 3 is 2.69 bits per heavy atom. The van der Waals surface area contributed by atoms with E-state index in [0.29, 0.717) is 6.54 Å². The molecular formula is C9H12FNOS. The van der Waals surface area contributed by atoms with Crippen LogP contribution in [0.1, 0.15) is 6.92 Å². The van der Waals surface area contributed by atoms with Crippen molar-refractivity contribution in [1.82, 2.24) is 0 Å². The van der Waals surface area contributed by atoms with E-state index in [2.05, 4.69) is 0 Å². The second-order valence-electron chi connectivity index (χ2n) is 2.77. The van der Waals surface area contributed by atoms with Crippen molar-refractivity contribution >= 4 is 10.8 Å². The van der Waals surface area contributed by atoms with Crippen LogP contribution in [-0.4, -0.2) is 16.0 Å². The van der Waals surface area contributed by atoms with Gasteiger partial charge in [0.15, 0.2) is 0 Å². The van der Waals surface area contributed by atoms with E-state index in [4.69, 9.17) is 5.73 Å². The summed E-state index contributed by atoms with van der Waals surface area (Å²) in [6, 6.07) is 6.07. The first kappa shape index (κ1) is 10.3. The number of benzene rings is 1. The first-order valence-electron chi connectivity index (χ1n) is 4.02. The Morgan fingerprint density at radius 1 is 1.54 bits per heavy atom. The minimum absolute atomic E-state index is 0.211. The van der Waals surface area contributed by atoms with Crippen LogP contribution in [0.4, 0.5) is 4.39 Å². The van der Waals surface area contributed by atoms with Crippen LogP contribution in [0, 0.1) is 5.82 Å². The predicted molar refractivity (Wildman–Crippen MR) is 51.3 cm³/mol. The largest absolute Gasteiger partial charge is 0.329 e. The van der Waals surface area contributed by atoms with Crippen molar-refractivity contribution in [2.24, 2.45) is 5.73 Å². The van der Waals surface area contributed by atoms with Crippen LogP contribution < -0.4 is 5.73 Å². The zero-order valence-corrected chi connectivity index (χ0v) is 8.18. The van der Waals surface area contributed by atoms with Crippen molar-refractivity contribution in [3.8, 4) is 0 Å². The van der Waals surface area contributed by atoms with Crippen LogP contribution in [0.3, 0.4) is 0 Å². The van der Waals surface area contributed by atoms with Gasteiger partial charge >= 0.3 is 0 Å². The van der Waals surface area contributed by atoms with E-state index in [1.54, 1.807) is 19.1 Å².